The first-order valence-corrected chi connectivity index (χ1v) is 6.74. The van der Waals surface area contributed by atoms with E-state index in [1.54, 1.807) is 12.1 Å². The third-order valence-electron chi connectivity index (χ3n) is 3.29. The topological polar surface area (TPSA) is 97.0 Å². The zero-order valence-electron chi connectivity index (χ0n) is 11.9. The molecule has 0 amide bonds. The largest absolute Gasteiger partial charge is 0.508 e. The summed E-state index contributed by atoms with van der Waals surface area (Å²) in [5.41, 5.74) is 1.09. The number of aliphatic carboxylic acids is 1. The third-order valence-corrected chi connectivity index (χ3v) is 3.29. The molecule has 2 N–H and O–H groups in total. The Kier molecular flexibility index (Phi) is 3.72. The number of fused-ring (bicyclic) bond motifs is 1. The Hall–Kier alpha value is -3.28. The van der Waals surface area contributed by atoms with Gasteiger partial charge in [-0.2, -0.15) is 0 Å². The molecule has 1 heterocycles. The normalized spacial score (nSPS) is 10.6. The van der Waals surface area contributed by atoms with Crippen molar-refractivity contribution in [2.24, 2.45) is 0 Å². The zero-order chi connectivity index (χ0) is 16.4. The first-order chi connectivity index (χ1) is 11.0. The molecular formula is C17H12O6. The van der Waals surface area contributed by atoms with Crippen molar-refractivity contribution in [3.63, 3.8) is 0 Å². The Balaban J connectivity index is 2.02. The molecule has 0 unspecified atom stereocenters. The van der Waals surface area contributed by atoms with Crippen LogP contribution >= 0.6 is 0 Å². The van der Waals surface area contributed by atoms with Crippen LogP contribution in [0.1, 0.15) is 0 Å². The fourth-order valence-corrected chi connectivity index (χ4v) is 2.18. The molecule has 0 radical (unpaired) electrons. The maximum atomic E-state index is 12.5. The third kappa shape index (κ3) is 3.01. The summed E-state index contributed by atoms with van der Waals surface area (Å²) >= 11 is 0. The van der Waals surface area contributed by atoms with Gasteiger partial charge < -0.3 is 19.4 Å². The van der Waals surface area contributed by atoms with Crippen LogP contribution in [-0.2, 0) is 4.79 Å². The minimum Gasteiger partial charge on any atom is -0.508 e. The second-order valence-corrected chi connectivity index (χ2v) is 4.87. The monoisotopic (exact) mass is 312 g/mol. The lowest BCUT2D eigenvalue weighted by Gasteiger charge is -2.06. The molecule has 0 aliphatic rings. The highest BCUT2D eigenvalue weighted by molar-refractivity contribution is 5.82. The smallest absolute Gasteiger partial charge is 0.341 e. The van der Waals surface area contributed by atoms with E-state index in [1.165, 1.54) is 36.6 Å². The number of phenols is 1. The van der Waals surface area contributed by atoms with Crippen molar-refractivity contribution >= 4 is 16.9 Å². The summed E-state index contributed by atoms with van der Waals surface area (Å²) in [5, 5.41) is 18.3. The van der Waals surface area contributed by atoms with Crippen LogP contribution in [0.25, 0.3) is 22.1 Å². The fraction of sp³-hybridized carbons (Fsp3) is 0.0588. The number of carboxylic acids is 1. The molecule has 0 atom stereocenters. The second-order valence-electron chi connectivity index (χ2n) is 4.87. The van der Waals surface area contributed by atoms with Gasteiger partial charge in [0.25, 0.3) is 0 Å². The summed E-state index contributed by atoms with van der Waals surface area (Å²) in [7, 11) is 0. The first kappa shape index (κ1) is 14.6. The van der Waals surface area contributed by atoms with Gasteiger partial charge in [-0.1, -0.05) is 12.1 Å². The standard InChI is InChI=1S/C17H12O6/c18-11-3-1-10(2-4-11)14-8-23-15-7-12(22-9-16(19)20)5-6-13(15)17(14)21/h1-8,18H,9H2,(H,19,20). The molecule has 116 valence electrons. The van der Waals surface area contributed by atoms with E-state index in [2.05, 4.69) is 0 Å². The van der Waals surface area contributed by atoms with Crippen LogP contribution < -0.4 is 10.2 Å². The van der Waals surface area contributed by atoms with Crippen molar-refractivity contribution in [3.8, 4) is 22.6 Å². The van der Waals surface area contributed by atoms with Crippen molar-refractivity contribution in [1.82, 2.24) is 0 Å². The second kappa shape index (κ2) is 5.84. The van der Waals surface area contributed by atoms with Crippen molar-refractivity contribution in [1.29, 1.82) is 0 Å². The number of rotatable bonds is 4. The van der Waals surface area contributed by atoms with Crippen LogP contribution in [0.15, 0.2) is 57.9 Å². The SMILES string of the molecule is O=C(O)COc1ccc2c(=O)c(-c3ccc(O)cc3)coc2c1. The maximum absolute atomic E-state index is 12.5. The number of benzene rings is 2. The van der Waals surface area contributed by atoms with Crippen LogP contribution in [-0.4, -0.2) is 22.8 Å². The van der Waals surface area contributed by atoms with Crippen LogP contribution in [0.5, 0.6) is 11.5 Å². The molecular weight excluding hydrogens is 300 g/mol. The van der Waals surface area contributed by atoms with Crippen LogP contribution in [0.3, 0.4) is 0 Å². The number of hydrogen-bond acceptors (Lipinski definition) is 5. The molecule has 23 heavy (non-hydrogen) atoms. The van der Waals surface area contributed by atoms with E-state index in [0.717, 1.165) is 0 Å². The lowest BCUT2D eigenvalue weighted by molar-refractivity contribution is -0.139. The van der Waals surface area contributed by atoms with Crippen LogP contribution in [0.2, 0.25) is 0 Å². The fourth-order valence-electron chi connectivity index (χ4n) is 2.18. The van der Waals surface area contributed by atoms with Crippen molar-refractivity contribution < 1.29 is 24.2 Å². The van der Waals surface area contributed by atoms with Gasteiger partial charge in [0.1, 0.15) is 23.3 Å². The van der Waals surface area contributed by atoms with E-state index < -0.39 is 12.6 Å². The Morgan fingerprint density at radius 2 is 1.87 bits per heavy atom. The average molecular weight is 312 g/mol. The number of hydrogen-bond donors (Lipinski definition) is 2. The zero-order valence-corrected chi connectivity index (χ0v) is 11.9. The molecule has 2 aromatic carbocycles. The molecule has 0 aliphatic carbocycles. The van der Waals surface area contributed by atoms with Gasteiger partial charge in [-0.25, -0.2) is 4.79 Å². The van der Waals surface area contributed by atoms with Gasteiger partial charge in [0.05, 0.1) is 10.9 Å². The Bertz CT molecular complexity index is 924. The number of ether oxygens (including phenoxy) is 1. The quantitative estimate of drug-likeness (QED) is 0.768. The summed E-state index contributed by atoms with van der Waals surface area (Å²) < 4.78 is 10.5. The highest BCUT2D eigenvalue weighted by Gasteiger charge is 2.10. The predicted octanol–water partition coefficient (Wildman–Crippen LogP) is 2.63. The minimum absolute atomic E-state index is 0.110. The molecule has 0 aliphatic heterocycles. The first-order valence-electron chi connectivity index (χ1n) is 6.74. The van der Waals surface area contributed by atoms with Gasteiger partial charge in [0.15, 0.2) is 12.0 Å². The van der Waals surface area contributed by atoms with Gasteiger partial charge in [0, 0.05) is 6.07 Å². The number of aromatic hydroxyl groups is 1. The molecule has 6 nitrogen and oxygen atoms in total. The predicted molar refractivity (Wildman–Crippen MR) is 82.7 cm³/mol. The molecule has 0 bridgehead atoms. The van der Waals surface area contributed by atoms with Gasteiger partial charge in [-0.15, -0.1) is 0 Å². The summed E-state index contributed by atoms with van der Waals surface area (Å²) in [4.78, 5) is 23.0. The molecule has 0 fully saturated rings. The van der Waals surface area contributed by atoms with E-state index in [4.69, 9.17) is 14.3 Å². The minimum atomic E-state index is -1.09. The number of phenolic OH excluding ortho intramolecular Hbond substituents is 1. The molecule has 6 heteroatoms. The van der Waals surface area contributed by atoms with Gasteiger partial charge in [0.2, 0.25) is 0 Å². The number of carbonyl (C=O) groups is 1. The van der Waals surface area contributed by atoms with Crippen molar-refractivity contribution in [2.75, 3.05) is 6.61 Å². The highest BCUT2D eigenvalue weighted by atomic mass is 16.5. The highest BCUT2D eigenvalue weighted by Crippen LogP contribution is 2.24. The summed E-state index contributed by atoms with van der Waals surface area (Å²) in [6.07, 6.45) is 1.33. The van der Waals surface area contributed by atoms with E-state index >= 15 is 0 Å². The molecule has 3 aromatic rings. The average Bonchev–Trinajstić information content (AvgIpc) is 2.54. The van der Waals surface area contributed by atoms with E-state index in [-0.39, 0.29) is 11.2 Å². The van der Waals surface area contributed by atoms with Crippen molar-refractivity contribution in [3.05, 3.63) is 59.0 Å². The molecule has 0 spiro atoms. The van der Waals surface area contributed by atoms with Gasteiger partial charge >= 0.3 is 5.97 Å². The van der Waals surface area contributed by atoms with E-state index in [0.29, 0.717) is 27.8 Å². The van der Waals surface area contributed by atoms with Gasteiger partial charge in [-0.05, 0) is 29.8 Å². The lowest BCUT2D eigenvalue weighted by atomic mass is 10.1. The Labute approximate surface area is 130 Å². The van der Waals surface area contributed by atoms with E-state index in [1.807, 2.05) is 0 Å². The van der Waals surface area contributed by atoms with Crippen LogP contribution in [0.4, 0.5) is 0 Å². The summed E-state index contributed by atoms with van der Waals surface area (Å²) in [6.45, 7) is -0.471. The lowest BCUT2D eigenvalue weighted by Crippen LogP contribution is -2.09. The molecule has 0 saturated carbocycles. The van der Waals surface area contributed by atoms with Gasteiger partial charge in [-0.3, -0.25) is 4.79 Å². The Morgan fingerprint density at radius 3 is 2.57 bits per heavy atom. The van der Waals surface area contributed by atoms with Crippen molar-refractivity contribution in [2.45, 2.75) is 0 Å². The number of carboxylic acid groups (broad SMARTS) is 1. The molecule has 1 aromatic heterocycles. The molecule has 0 saturated heterocycles. The summed E-state index contributed by atoms with van der Waals surface area (Å²) in [6, 6.07) is 10.7. The summed E-state index contributed by atoms with van der Waals surface area (Å²) in [5.74, 6) is -0.672. The maximum Gasteiger partial charge on any atom is 0.341 e. The van der Waals surface area contributed by atoms with Crippen LogP contribution in [0, 0.1) is 0 Å². The van der Waals surface area contributed by atoms with E-state index in [9.17, 15) is 14.7 Å². The Morgan fingerprint density at radius 1 is 1.13 bits per heavy atom. The molecule has 3 rings (SSSR count).